The van der Waals surface area contributed by atoms with Gasteiger partial charge >= 0.3 is 0 Å². The topological polar surface area (TPSA) is 47.7 Å². The van der Waals surface area contributed by atoms with E-state index in [0.29, 0.717) is 0 Å². The first-order valence-electron chi connectivity index (χ1n) is 6.48. The summed E-state index contributed by atoms with van der Waals surface area (Å²) >= 11 is 0. The normalized spacial score (nSPS) is 11.0. The summed E-state index contributed by atoms with van der Waals surface area (Å²) in [6.07, 6.45) is 7.86. The molecule has 0 saturated carbocycles. The summed E-state index contributed by atoms with van der Waals surface area (Å²) in [5.74, 6) is 0. The number of aromatic nitrogens is 4. The van der Waals surface area contributed by atoms with Crippen molar-refractivity contribution in [2.24, 2.45) is 7.05 Å². The molecule has 18 heavy (non-hydrogen) atoms. The minimum absolute atomic E-state index is 0.952. The maximum Gasteiger partial charge on any atom is 0.0949 e. The molecule has 2 heterocycles. The number of hydrogen-bond donors (Lipinski definition) is 1. The summed E-state index contributed by atoms with van der Waals surface area (Å²) in [5, 5.41) is 7.47. The summed E-state index contributed by atoms with van der Waals surface area (Å²) < 4.78 is 4.07. The molecular formula is C13H21N5. The summed E-state index contributed by atoms with van der Waals surface area (Å²) in [6.45, 7) is 5.08. The minimum Gasteiger partial charge on any atom is -0.337 e. The Bertz CT molecular complexity index is 471. The molecule has 0 radical (unpaired) electrons. The highest BCUT2D eigenvalue weighted by Gasteiger charge is 2.01. The highest BCUT2D eigenvalue weighted by molar-refractivity contribution is 5.01. The molecule has 0 saturated heterocycles. The molecule has 98 valence electrons. The Labute approximate surface area is 108 Å². The molecular weight excluding hydrogens is 226 g/mol. The molecule has 0 fully saturated rings. The van der Waals surface area contributed by atoms with Gasteiger partial charge in [-0.1, -0.05) is 6.92 Å². The third kappa shape index (κ3) is 3.43. The van der Waals surface area contributed by atoms with Crippen LogP contribution >= 0.6 is 0 Å². The van der Waals surface area contributed by atoms with Crippen LogP contribution in [-0.4, -0.2) is 32.4 Å². The number of likely N-dealkylation sites (N-methyl/N-ethyl adjacent to an activating group) is 1. The van der Waals surface area contributed by atoms with Gasteiger partial charge in [-0.15, -0.1) is 0 Å². The average Bonchev–Trinajstić information content (AvgIpc) is 2.96. The molecule has 1 N–H and O–H groups in total. The second-order valence-electron chi connectivity index (χ2n) is 4.40. The van der Waals surface area contributed by atoms with Crippen molar-refractivity contribution in [3.8, 4) is 0 Å². The smallest absolute Gasteiger partial charge is 0.0949 e. The molecule has 2 aromatic heterocycles. The van der Waals surface area contributed by atoms with Crippen LogP contribution in [0, 0.1) is 0 Å². The number of hydrogen-bond acceptors (Lipinski definition) is 3. The van der Waals surface area contributed by atoms with Gasteiger partial charge in [0, 0.05) is 51.1 Å². The molecule has 0 aliphatic heterocycles. The van der Waals surface area contributed by atoms with Crippen molar-refractivity contribution in [2.45, 2.75) is 26.3 Å². The highest BCUT2D eigenvalue weighted by atomic mass is 15.3. The van der Waals surface area contributed by atoms with Gasteiger partial charge in [-0.2, -0.15) is 5.10 Å². The van der Waals surface area contributed by atoms with Crippen molar-refractivity contribution in [2.75, 3.05) is 13.1 Å². The third-order valence-corrected chi connectivity index (χ3v) is 3.04. The molecule has 0 atom stereocenters. The first-order chi connectivity index (χ1) is 8.79. The van der Waals surface area contributed by atoms with Crippen LogP contribution in [0.2, 0.25) is 0 Å². The van der Waals surface area contributed by atoms with Crippen LogP contribution in [0.3, 0.4) is 0 Å². The molecule has 5 nitrogen and oxygen atoms in total. The number of nitrogens with one attached hydrogen (secondary N) is 1. The summed E-state index contributed by atoms with van der Waals surface area (Å²) in [5.41, 5.74) is 2.40. The van der Waals surface area contributed by atoms with Gasteiger partial charge in [0.05, 0.1) is 12.0 Å². The Kier molecular flexibility index (Phi) is 4.52. The highest BCUT2D eigenvalue weighted by Crippen LogP contribution is 2.02. The molecule has 0 bridgehead atoms. The van der Waals surface area contributed by atoms with Crippen molar-refractivity contribution in [1.82, 2.24) is 24.6 Å². The number of aryl methyl sites for hydroxylation is 3. The lowest BCUT2D eigenvalue weighted by molar-refractivity contribution is 0.635. The zero-order valence-corrected chi connectivity index (χ0v) is 11.1. The first-order valence-corrected chi connectivity index (χ1v) is 6.48. The van der Waals surface area contributed by atoms with Gasteiger partial charge in [0.2, 0.25) is 0 Å². The molecule has 0 unspecified atom stereocenters. The van der Waals surface area contributed by atoms with Gasteiger partial charge < -0.3 is 9.88 Å². The van der Waals surface area contributed by atoms with E-state index in [9.17, 15) is 0 Å². The second-order valence-corrected chi connectivity index (χ2v) is 4.40. The van der Waals surface area contributed by atoms with Crippen LogP contribution in [0.15, 0.2) is 24.8 Å². The zero-order chi connectivity index (χ0) is 12.8. The van der Waals surface area contributed by atoms with E-state index in [1.807, 2.05) is 24.3 Å². The molecule has 0 aliphatic carbocycles. The van der Waals surface area contributed by atoms with E-state index < -0.39 is 0 Å². The molecule has 0 amide bonds. The Balaban J connectivity index is 1.81. The van der Waals surface area contributed by atoms with E-state index >= 15 is 0 Å². The third-order valence-electron chi connectivity index (χ3n) is 3.04. The standard InChI is InChI=1S/C13H21N5/c1-3-14-7-4-12-10-18(11-15-12)9-6-13-5-8-16-17(13)2/h5,8,10-11,14H,3-4,6-7,9H2,1-2H3. The van der Waals surface area contributed by atoms with Crippen LogP contribution in [0.1, 0.15) is 18.3 Å². The lowest BCUT2D eigenvalue weighted by Crippen LogP contribution is -2.16. The summed E-state index contributed by atoms with van der Waals surface area (Å²) in [6, 6.07) is 2.06. The van der Waals surface area contributed by atoms with E-state index in [1.54, 1.807) is 0 Å². The molecule has 0 spiro atoms. The Hall–Kier alpha value is -1.62. The van der Waals surface area contributed by atoms with Gasteiger partial charge in [-0.05, 0) is 12.6 Å². The van der Waals surface area contributed by atoms with Crippen LogP contribution in [0.25, 0.3) is 0 Å². The van der Waals surface area contributed by atoms with Crippen molar-refractivity contribution < 1.29 is 0 Å². The predicted molar refractivity (Wildman–Crippen MR) is 71.4 cm³/mol. The second kappa shape index (κ2) is 6.35. The van der Waals surface area contributed by atoms with Gasteiger partial charge in [0.15, 0.2) is 0 Å². The minimum atomic E-state index is 0.952. The van der Waals surface area contributed by atoms with Crippen LogP contribution in [0.4, 0.5) is 0 Å². The Morgan fingerprint density at radius 2 is 2.22 bits per heavy atom. The van der Waals surface area contributed by atoms with Gasteiger partial charge in [0.1, 0.15) is 0 Å². The number of nitrogens with zero attached hydrogens (tertiary/aromatic N) is 4. The van der Waals surface area contributed by atoms with Crippen molar-refractivity contribution in [1.29, 1.82) is 0 Å². The zero-order valence-electron chi connectivity index (χ0n) is 11.1. The van der Waals surface area contributed by atoms with Gasteiger partial charge in [0.25, 0.3) is 0 Å². The fourth-order valence-electron chi connectivity index (χ4n) is 1.94. The molecule has 2 rings (SSSR count). The number of rotatable bonds is 7. The largest absolute Gasteiger partial charge is 0.337 e. The van der Waals surface area contributed by atoms with E-state index in [0.717, 1.165) is 38.2 Å². The fourth-order valence-corrected chi connectivity index (χ4v) is 1.94. The van der Waals surface area contributed by atoms with Crippen LogP contribution < -0.4 is 5.32 Å². The predicted octanol–water partition coefficient (Wildman–Crippen LogP) is 1.01. The van der Waals surface area contributed by atoms with E-state index in [-0.39, 0.29) is 0 Å². The molecule has 0 aromatic carbocycles. The van der Waals surface area contributed by atoms with Crippen LogP contribution in [-0.2, 0) is 26.4 Å². The van der Waals surface area contributed by atoms with Gasteiger partial charge in [-0.25, -0.2) is 4.98 Å². The molecule has 0 aliphatic rings. The fraction of sp³-hybridized carbons (Fsp3) is 0.538. The summed E-state index contributed by atoms with van der Waals surface area (Å²) in [7, 11) is 1.98. The Morgan fingerprint density at radius 1 is 1.33 bits per heavy atom. The Morgan fingerprint density at radius 3 is 2.94 bits per heavy atom. The van der Waals surface area contributed by atoms with Crippen molar-refractivity contribution >= 4 is 0 Å². The van der Waals surface area contributed by atoms with E-state index in [1.165, 1.54) is 5.69 Å². The SMILES string of the molecule is CCNCCc1cn(CCc2ccnn2C)cn1. The maximum atomic E-state index is 4.41. The van der Waals surface area contributed by atoms with Crippen molar-refractivity contribution in [3.05, 3.63) is 36.2 Å². The average molecular weight is 247 g/mol. The lowest BCUT2D eigenvalue weighted by atomic mass is 10.3. The molecule has 5 heteroatoms. The maximum absolute atomic E-state index is 4.41. The van der Waals surface area contributed by atoms with Gasteiger partial charge in [-0.3, -0.25) is 4.68 Å². The lowest BCUT2D eigenvalue weighted by Gasteiger charge is -2.02. The quantitative estimate of drug-likeness (QED) is 0.743. The monoisotopic (exact) mass is 247 g/mol. The van der Waals surface area contributed by atoms with Crippen LogP contribution in [0.5, 0.6) is 0 Å². The van der Waals surface area contributed by atoms with Crippen molar-refractivity contribution in [3.63, 3.8) is 0 Å². The van der Waals surface area contributed by atoms with E-state index in [4.69, 9.17) is 0 Å². The number of imidazole rings is 1. The van der Waals surface area contributed by atoms with E-state index in [2.05, 4.69) is 39.2 Å². The summed E-state index contributed by atoms with van der Waals surface area (Å²) in [4.78, 5) is 4.41. The molecule has 2 aromatic rings. The first kappa shape index (κ1) is 12.8.